The lowest BCUT2D eigenvalue weighted by atomic mass is 9.97. The number of anilines is 3. The van der Waals surface area contributed by atoms with E-state index in [2.05, 4.69) is 25.5 Å². The number of nitrogens with zero attached hydrogens (tertiary/aromatic N) is 4. The maximum absolute atomic E-state index is 12.4. The molecule has 1 fully saturated rings. The standard InChI is InChI=1S/C23H26N6O3/c30-20-2-1-16-11-18(12-17-5-10-29(20)21(16)17)27-23(32)22(31)26-13-15-3-8-28(9-4-15)19-14-24-6-7-25-19/h6-7,11-12,14-15H,1-5,8-10,13H2,(H,26,31)(H,27,32). The molecule has 1 aromatic heterocycles. The molecular weight excluding hydrogens is 408 g/mol. The Labute approximate surface area is 186 Å². The van der Waals surface area contributed by atoms with Crippen LogP contribution < -0.4 is 20.4 Å². The molecule has 1 aromatic carbocycles. The third-order valence-electron chi connectivity index (χ3n) is 6.56. The first-order valence-corrected chi connectivity index (χ1v) is 11.1. The van der Waals surface area contributed by atoms with E-state index in [-0.39, 0.29) is 5.91 Å². The summed E-state index contributed by atoms with van der Waals surface area (Å²) >= 11 is 0. The summed E-state index contributed by atoms with van der Waals surface area (Å²) in [5.41, 5.74) is 3.73. The van der Waals surface area contributed by atoms with Crippen LogP contribution in [0.25, 0.3) is 0 Å². The second-order valence-electron chi connectivity index (χ2n) is 8.60. The Morgan fingerprint density at radius 1 is 1.00 bits per heavy atom. The number of rotatable bonds is 4. The number of benzene rings is 1. The highest BCUT2D eigenvalue weighted by atomic mass is 16.2. The van der Waals surface area contributed by atoms with Gasteiger partial charge in [0.2, 0.25) is 5.91 Å². The molecule has 0 saturated carbocycles. The molecule has 4 heterocycles. The summed E-state index contributed by atoms with van der Waals surface area (Å²) in [5.74, 6) is 0.0843. The van der Waals surface area contributed by atoms with Crippen molar-refractivity contribution in [3.8, 4) is 0 Å². The second-order valence-corrected chi connectivity index (χ2v) is 8.60. The number of carbonyl (C=O) groups is 3. The maximum Gasteiger partial charge on any atom is 0.313 e. The SMILES string of the molecule is O=C(NCC1CCN(c2cnccn2)CC1)C(=O)Nc1cc2c3c(c1)CCN3C(=O)CC2. The van der Waals surface area contributed by atoms with Crippen molar-refractivity contribution in [3.05, 3.63) is 41.9 Å². The summed E-state index contributed by atoms with van der Waals surface area (Å²) in [6.45, 7) is 2.87. The monoisotopic (exact) mass is 434 g/mol. The number of nitrogens with one attached hydrogen (secondary N) is 2. The fraction of sp³-hybridized carbons (Fsp3) is 0.435. The number of amides is 3. The van der Waals surface area contributed by atoms with Crippen LogP contribution in [0.2, 0.25) is 0 Å². The van der Waals surface area contributed by atoms with Crippen molar-refractivity contribution < 1.29 is 14.4 Å². The fourth-order valence-corrected chi connectivity index (χ4v) is 4.86. The Balaban J connectivity index is 1.12. The summed E-state index contributed by atoms with van der Waals surface area (Å²) in [4.78, 5) is 49.3. The predicted molar refractivity (Wildman–Crippen MR) is 119 cm³/mol. The number of hydrogen-bond donors (Lipinski definition) is 2. The molecule has 0 atom stereocenters. The molecule has 2 aromatic rings. The van der Waals surface area contributed by atoms with Crippen LogP contribution in [0.4, 0.5) is 17.2 Å². The van der Waals surface area contributed by atoms with Crippen molar-refractivity contribution >= 4 is 34.9 Å². The average molecular weight is 435 g/mol. The third kappa shape index (κ3) is 4.02. The highest BCUT2D eigenvalue weighted by molar-refractivity contribution is 6.39. The Morgan fingerprint density at radius 2 is 1.78 bits per heavy atom. The Bertz CT molecular complexity index is 1050. The van der Waals surface area contributed by atoms with Crippen molar-refractivity contribution in [2.75, 3.05) is 41.3 Å². The number of aryl methyl sites for hydroxylation is 1. The van der Waals surface area contributed by atoms with Gasteiger partial charge in [-0.25, -0.2) is 4.98 Å². The highest BCUT2D eigenvalue weighted by Crippen LogP contribution is 2.38. The highest BCUT2D eigenvalue weighted by Gasteiger charge is 2.31. The number of aromatic nitrogens is 2. The van der Waals surface area contributed by atoms with Gasteiger partial charge in [-0.05, 0) is 54.9 Å². The fourth-order valence-electron chi connectivity index (χ4n) is 4.86. The second kappa shape index (κ2) is 8.57. The van der Waals surface area contributed by atoms with E-state index in [4.69, 9.17) is 0 Å². The minimum Gasteiger partial charge on any atom is -0.355 e. The molecule has 0 unspecified atom stereocenters. The van der Waals surface area contributed by atoms with Crippen molar-refractivity contribution in [1.82, 2.24) is 15.3 Å². The minimum absolute atomic E-state index is 0.162. The lowest BCUT2D eigenvalue weighted by molar-refractivity contribution is -0.136. The smallest absolute Gasteiger partial charge is 0.313 e. The molecule has 0 spiro atoms. The van der Waals surface area contributed by atoms with E-state index in [0.29, 0.717) is 37.5 Å². The van der Waals surface area contributed by atoms with Gasteiger partial charge in [-0.15, -0.1) is 0 Å². The molecule has 0 aliphatic carbocycles. The van der Waals surface area contributed by atoms with E-state index >= 15 is 0 Å². The van der Waals surface area contributed by atoms with Crippen molar-refractivity contribution in [2.24, 2.45) is 5.92 Å². The van der Waals surface area contributed by atoms with E-state index in [1.807, 2.05) is 17.0 Å². The predicted octanol–water partition coefficient (Wildman–Crippen LogP) is 1.28. The number of carbonyl (C=O) groups excluding carboxylic acids is 3. The zero-order valence-electron chi connectivity index (χ0n) is 17.8. The van der Waals surface area contributed by atoms with Crippen LogP contribution in [-0.2, 0) is 27.2 Å². The summed E-state index contributed by atoms with van der Waals surface area (Å²) in [6, 6.07) is 3.77. The quantitative estimate of drug-likeness (QED) is 0.702. The largest absolute Gasteiger partial charge is 0.355 e. The van der Waals surface area contributed by atoms with Gasteiger partial charge in [0.05, 0.1) is 11.9 Å². The Kier molecular flexibility index (Phi) is 5.46. The molecule has 3 aliphatic heterocycles. The number of hydrogen-bond acceptors (Lipinski definition) is 6. The lowest BCUT2D eigenvalue weighted by Gasteiger charge is -2.32. The summed E-state index contributed by atoms with van der Waals surface area (Å²) in [7, 11) is 0. The van der Waals surface area contributed by atoms with Gasteiger partial charge in [-0.2, -0.15) is 0 Å². The molecule has 0 bridgehead atoms. The van der Waals surface area contributed by atoms with Gasteiger partial charge >= 0.3 is 11.8 Å². The Morgan fingerprint density at radius 3 is 2.53 bits per heavy atom. The number of piperidine rings is 1. The van der Waals surface area contributed by atoms with Gasteiger partial charge in [0, 0.05) is 50.7 Å². The zero-order valence-corrected chi connectivity index (χ0v) is 17.8. The average Bonchev–Trinajstić information content (AvgIpc) is 3.26. The summed E-state index contributed by atoms with van der Waals surface area (Å²) < 4.78 is 0. The van der Waals surface area contributed by atoms with Gasteiger partial charge in [0.15, 0.2) is 0 Å². The van der Waals surface area contributed by atoms with Crippen LogP contribution in [0.1, 0.15) is 30.4 Å². The van der Waals surface area contributed by atoms with Crippen LogP contribution in [0.15, 0.2) is 30.7 Å². The Hall–Kier alpha value is -3.49. The van der Waals surface area contributed by atoms with Crippen LogP contribution in [0, 0.1) is 5.92 Å². The molecule has 9 nitrogen and oxygen atoms in total. The zero-order chi connectivity index (χ0) is 22.1. The van der Waals surface area contributed by atoms with Crippen LogP contribution >= 0.6 is 0 Å². The van der Waals surface area contributed by atoms with E-state index in [0.717, 1.165) is 55.0 Å². The molecular formula is C23H26N6O3. The van der Waals surface area contributed by atoms with Gasteiger partial charge in [0.25, 0.3) is 0 Å². The normalized spacial score (nSPS) is 17.8. The molecule has 9 heteroatoms. The van der Waals surface area contributed by atoms with Crippen molar-refractivity contribution in [3.63, 3.8) is 0 Å². The first-order chi connectivity index (χ1) is 15.6. The van der Waals surface area contributed by atoms with E-state index in [9.17, 15) is 14.4 Å². The third-order valence-corrected chi connectivity index (χ3v) is 6.56. The van der Waals surface area contributed by atoms with Crippen LogP contribution in [0.3, 0.4) is 0 Å². The van der Waals surface area contributed by atoms with E-state index < -0.39 is 11.8 Å². The minimum atomic E-state index is -0.657. The molecule has 32 heavy (non-hydrogen) atoms. The summed E-state index contributed by atoms with van der Waals surface area (Å²) in [6.07, 6.45) is 8.87. The van der Waals surface area contributed by atoms with E-state index in [1.54, 1.807) is 18.6 Å². The first kappa shape index (κ1) is 20.4. The lowest BCUT2D eigenvalue weighted by Crippen LogP contribution is -2.42. The van der Waals surface area contributed by atoms with Crippen LogP contribution in [0.5, 0.6) is 0 Å². The summed E-state index contributed by atoms with van der Waals surface area (Å²) in [5, 5.41) is 5.52. The van der Waals surface area contributed by atoms with Crippen molar-refractivity contribution in [2.45, 2.75) is 32.1 Å². The van der Waals surface area contributed by atoms with Gasteiger partial charge in [-0.3, -0.25) is 19.4 Å². The molecule has 5 rings (SSSR count). The van der Waals surface area contributed by atoms with E-state index in [1.165, 1.54) is 0 Å². The molecule has 3 amide bonds. The van der Waals surface area contributed by atoms with Crippen LogP contribution in [-0.4, -0.2) is 53.9 Å². The molecule has 3 aliphatic rings. The first-order valence-electron chi connectivity index (χ1n) is 11.1. The molecule has 0 radical (unpaired) electrons. The van der Waals surface area contributed by atoms with Gasteiger partial charge in [-0.1, -0.05) is 0 Å². The molecule has 2 N–H and O–H groups in total. The maximum atomic E-state index is 12.4. The topological polar surface area (TPSA) is 108 Å². The molecule has 166 valence electrons. The molecule has 1 saturated heterocycles. The van der Waals surface area contributed by atoms with Gasteiger partial charge in [0.1, 0.15) is 5.82 Å². The van der Waals surface area contributed by atoms with Gasteiger partial charge < -0.3 is 20.4 Å². The van der Waals surface area contributed by atoms with Crippen molar-refractivity contribution in [1.29, 1.82) is 0 Å².